The van der Waals surface area contributed by atoms with Gasteiger partial charge in [0.05, 0.1) is 0 Å². The van der Waals surface area contributed by atoms with E-state index in [9.17, 15) is 0 Å². The van der Waals surface area contributed by atoms with Crippen LogP contribution in [0.5, 0.6) is 0 Å². The standard InChI is InChI=1S/C7H15NO2/c8-3-7(4-9)6-1-2-10-5-6/h6-7,9H,1-5,8H2/t6-,7+/m1/s1. The largest absolute Gasteiger partial charge is 0.396 e. The third-order valence-electron chi connectivity index (χ3n) is 2.17. The maximum atomic E-state index is 8.85. The van der Waals surface area contributed by atoms with Crippen LogP contribution in [0.2, 0.25) is 0 Å². The molecule has 3 nitrogen and oxygen atoms in total. The summed E-state index contributed by atoms with van der Waals surface area (Å²) in [4.78, 5) is 0. The van der Waals surface area contributed by atoms with Crippen molar-refractivity contribution in [2.45, 2.75) is 6.42 Å². The van der Waals surface area contributed by atoms with Crippen LogP contribution < -0.4 is 5.73 Å². The summed E-state index contributed by atoms with van der Waals surface area (Å²) in [6.07, 6.45) is 1.06. The molecule has 0 aromatic heterocycles. The van der Waals surface area contributed by atoms with E-state index in [2.05, 4.69) is 0 Å². The van der Waals surface area contributed by atoms with E-state index in [0.29, 0.717) is 12.5 Å². The molecule has 1 saturated heterocycles. The Hall–Kier alpha value is -0.120. The summed E-state index contributed by atoms with van der Waals surface area (Å²) in [6.45, 7) is 2.39. The molecule has 0 unspecified atom stereocenters. The molecule has 2 atom stereocenters. The summed E-state index contributed by atoms with van der Waals surface area (Å²) >= 11 is 0. The Morgan fingerprint density at radius 2 is 2.50 bits per heavy atom. The van der Waals surface area contributed by atoms with Gasteiger partial charge in [-0.25, -0.2) is 0 Å². The van der Waals surface area contributed by atoms with Gasteiger partial charge in [0, 0.05) is 19.8 Å². The molecule has 60 valence electrons. The molecule has 3 heteroatoms. The fraction of sp³-hybridized carbons (Fsp3) is 1.00. The minimum atomic E-state index is 0.199. The summed E-state index contributed by atoms with van der Waals surface area (Å²) in [6, 6.07) is 0. The van der Waals surface area contributed by atoms with E-state index in [1.807, 2.05) is 0 Å². The maximum Gasteiger partial charge on any atom is 0.0499 e. The van der Waals surface area contributed by atoms with Gasteiger partial charge in [-0.1, -0.05) is 0 Å². The van der Waals surface area contributed by atoms with Crippen LogP contribution in [0.3, 0.4) is 0 Å². The van der Waals surface area contributed by atoms with Crippen LogP contribution in [0, 0.1) is 11.8 Å². The number of aliphatic hydroxyl groups excluding tert-OH is 1. The molecule has 0 aromatic rings. The lowest BCUT2D eigenvalue weighted by molar-refractivity contribution is 0.143. The molecule has 10 heavy (non-hydrogen) atoms. The number of nitrogens with two attached hydrogens (primary N) is 1. The Labute approximate surface area is 61.2 Å². The van der Waals surface area contributed by atoms with Gasteiger partial charge < -0.3 is 15.6 Å². The Kier molecular flexibility index (Phi) is 3.12. The average Bonchev–Trinajstić information content (AvgIpc) is 2.43. The molecule has 0 amide bonds. The second-order valence-electron chi connectivity index (χ2n) is 2.80. The van der Waals surface area contributed by atoms with E-state index in [1.165, 1.54) is 0 Å². The molecule has 0 aliphatic carbocycles. The topological polar surface area (TPSA) is 55.5 Å². The second-order valence-corrected chi connectivity index (χ2v) is 2.80. The molecule has 1 rings (SSSR count). The first-order valence-electron chi connectivity index (χ1n) is 3.77. The van der Waals surface area contributed by atoms with Crippen LogP contribution in [-0.2, 0) is 4.74 Å². The predicted molar refractivity (Wildman–Crippen MR) is 38.6 cm³/mol. The van der Waals surface area contributed by atoms with E-state index in [1.54, 1.807) is 0 Å². The summed E-state index contributed by atoms with van der Waals surface area (Å²) in [7, 11) is 0. The first-order chi connectivity index (χ1) is 4.88. The SMILES string of the molecule is NC[C@@H](CO)[C@@H]1CCOC1. The lowest BCUT2D eigenvalue weighted by Crippen LogP contribution is -2.26. The van der Waals surface area contributed by atoms with Gasteiger partial charge in [0.1, 0.15) is 0 Å². The first kappa shape index (κ1) is 7.98. The molecule has 0 bridgehead atoms. The van der Waals surface area contributed by atoms with Gasteiger partial charge in [-0.3, -0.25) is 0 Å². The van der Waals surface area contributed by atoms with Crippen LogP contribution >= 0.6 is 0 Å². The quantitative estimate of drug-likeness (QED) is 0.567. The summed E-state index contributed by atoms with van der Waals surface area (Å²) < 4.78 is 5.18. The molecule has 0 spiro atoms. The summed E-state index contributed by atoms with van der Waals surface area (Å²) in [5, 5.41) is 8.85. The number of hydrogen-bond donors (Lipinski definition) is 2. The van der Waals surface area contributed by atoms with E-state index in [0.717, 1.165) is 19.6 Å². The van der Waals surface area contributed by atoms with Crippen molar-refractivity contribution >= 4 is 0 Å². The van der Waals surface area contributed by atoms with Crippen LogP contribution in [0.25, 0.3) is 0 Å². The van der Waals surface area contributed by atoms with E-state index < -0.39 is 0 Å². The molecule has 3 N–H and O–H groups in total. The molecule has 1 aliphatic rings. The van der Waals surface area contributed by atoms with Crippen LogP contribution in [-0.4, -0.2) is 31.5 Å². The third kappa shape index (κ3) is 1.68. The summed E-state index contributed by atoms with van der Waals surface area (Å²) in [5.41, 5.74) is 5.45. The number of hydrogen-bond acceptors (Lipinski definition) is 3. The minimum Gasteiger partial charge on any atom is -0.396 e. The van der Waals surface area contributed by atoms with Crippen molar-refractivity contribution in [2.24, 2.45) is 17.6 Å². The second kappa shape index (κ2) is 3.91. The minimum absolute atomic E-state index is 0.199. The number of aliphatic hydroxyl groups is 1. The molecule has 0 aromatic carbocycles. The van der Waals surface area contributed by atoms with Gasteiger partial charge in [0.2, 0.25) is 0 Å². The highest BCUT2D eigenvalue weighted by Gasteiger charge is 2.23. The molecule has 0 radical (unpaired) electrons. The van der Waals surface area contributed by atoms with Crippen LogP contribution in [0.4, 0.5) is 0 Å². The fourth-order valence-electron chi connectivity index (χ4n) is 1.34. The molecular formula is C7H15NO2. The highest BCUT2D eigenvalue weighted by atomic mass is 16.5. The summed E-state index contributed by atoms with van der Waals surface area (Å²) in [5.74, 6) is 0.748. The highest BCUT2D eigenvalue weighted by Crippen LogP contribution is 2.20. The zero-order valence-electron chi connectivity index (χ0n) is 6.12. The van der Waals surface area contributed by atoms with Crippen molar-refractivity contribution < 1.29 is 9.84 Å². The average molecular weight is 145 g/mol. The van der Waals surface area contributed by atoms with Gasteiger partial charge in [-0.15, -0.1) is 0 Å². The van der Waals surface area contributed by atoms with Gasteiger partial charge in [-0.05, 0) is 24.8 Å². The highest BCUT2D eigenvalue weighted by molar-refractivity contribution is 4.73. The van der Waals surface area contributed by atoms with Crippen LogP contribution in [0.1, 0.15) is 6.42 Å². The number of ether oxygens (including phenoxy) is 1. The monoisotopic (exact) mass is 145 g/mol. The van der Waals surface area contributed by atoms with E-state index >= 15 is 0 Å². The smallest absolute Gasteiger partial charge is 0.0499 e. The Morgan fingerprint density at radius 3 is 2.90 bits per heavy atom. The Bertz CT molecular complexity index is 87.6. The zero-order valence-corrected chi connectivity index (χ0v) is 6.12. The molecule has 1 aliphatic heterocycles. The van der Waals surface area contributed by atoms with Gasteiger partial charge in [0.25, 0.3) is 0 Å². The molecule has 1 fully saturated rings. The molecule has 1 heterocycles. The van der Waals surface area contributed by atoms with Crippen LogP contribution in [0.15, 0.2) is 0 Å². The Balaban J connectivity index is 2.29. The predicted octanol–water partition coefficient (Wildman–Crippen LogP) is -0.410. The van der Waals surface area contributed by atoms with Crippen molar-refractivity contribution in [3.63, 3.8) is 0 Å². The van der Waals surface area contributed by atoms with Gasteiger partial charge in [0.15, 0.2) is 0 Å². The lowest BCUT2D eigenvalue weighted by Gasteiger charge is -2.16. The van der Waals surface area contributed by atoms with Gasteiger partial charge >= 0.3 is 0 Å². The lowest BCUT2D eigenvalue weighted by atomic mass is 9.93. The van der Waals surface area contributed by atoms with Crippen molar-refractivity contribution in [3.05, 3.63) is 0 Å². The molecule has 0 saturated carbocycles. The normalized spacial score (nSPS) is 28.8. The fourth-order valence-corrected chi connectivity index (χ4v) is 1.34. The van der Waals surface area contributed by atoms with E-state index in [-0.39, 0.29) is 12.5 Å². The van der Waals surface area contributed by atoms with Gasteiger partial charge in [-0.2, -0.15) is 0 Å². The zero-order chi connectivity index (χ0) is 7.40. The Morgan fingerprint density at radius 1 is 1.70 bits per heavy atom. The third-order valence-corrected chi connectivity index (χ3v) is 2.17. The number of rotatable bonds is 3. The van der Waals surface area contributed by atoms with Crippen molar-refractivity contribution in [1.29, 1.82) is 0 Å². The molecular weight excluding hydrogens is 130 g/mol. The van der Waals surface area contributed by atoms with E-state index in [4.69, 9.17) is 15.6 Å². The van der Waals surface area contributed by atoms with Crippen molar-refractivity contribution in [2.75, 3.05) is 26.4 Å². The first-order valence-corrected chi connectivity index (χ1v) is 3.77. The van der Waals surface area contributed by atoms with Crippen molar-refractivity contribution in [1.82, 2.24) is 0 Å². The maximum absolute atomic E-state index is 8.85. The van der Waals surface area contributed by atoms with Crippen molar-refractivity contribution in [3.8, 4) is 0 Å².